The van der Waals surface area contributed by atoms with Crippen molar-refractivity contribution in [2.45, 2.75) is 53.2 Å². The average Bonchev–Trinajstić information content (AvgIpc) is 2.21. The Morgan fingerprint density at radius 1 is 1.35 bits per heavy atom. The second kappa shape index (κ2) is 6.97. The quantitative estimate of drug-likeness (QED) is 0.697. The fourth-order valence-electron chi connectivity index (χ4n) is 1.52. The van der Waals surface area contributed by atoms with Gasteiger partial charge in [-0.1, -0.05) is 13.8 Å². The van der Waals surface area contributed by atoms with Crippen molar-refractivity contribution in [1.82, 2.24) is 5.32 Å². The van der Waals surface area contributed by atoms with E-state index in [0.29, 0.717) is 6.54 Å². The fourth-order valence-corrected chi connectivity index (χ4v) is 1.52. The third-order valence-electron chi connectivity index (χ3n) is 2.59. The molecule has 102 valence electrons. The number of aliphatic hydroxyl groups excluding tert-OH is 1. The summed E-state index contributed by atoms with van der Waals surface area (Å²) in [6.07, 6.45) is -0.677. The highest BCUT2D eigenvalue weighted by Crippen LogP contribution is 2.17. The van der Waals surface area contributed by atoms with Crippen LogP contribution in [0.2, 0.25) is 0 Å². The van der Waals surface area contributed by atoms with Gasteiger partial charge in [-0.3, -0.25) is 4.79 Å². The molecule has 0 saturated heterocycles. The number of aliphatic hydroxyl groups is 1. The first kappa shape index (κ1) is 16.4. The van der Waals surface area contributed by atoms with Crippen molar-refractivity contribution in [3.8, 4) is 0 Å². The van der Waals surface area contributed by atoms with Gasteiger partial charge in [0.25, 0.3) is 0 Å². The summed E-state index contributed by atoms with van der Waals surface area (Å²) in [5.41, 5.74) is -0.504. The summed E-state index contributed by atoms with van der Waals surface area (Å²) in [7, 11) is 0. The van der Waals surface area contributed by atoms with Crippen molar-refractivity contribution in [3.63, 3.8) is 0 Å². The monoisotopic (exact) mass is 245 g/mol. The lowest BCUT2D eigenvalue weighted by Gasteiger charge is -2.27. The summed E-state index contributed by atoms with van der Waals surface area (Å²) in [5.74, 6) is -0.811. The van der Waals surface area contributed by atoms with Crippen molar-refractivity contribution in [1.29, 1.82) is 0 Å². The number of rotatable bonds is 6. The summed E-state index contributed by atoms with van der Waals surface area (Å²) in [5, 5.41) is 13.2. The number of carbonyl (C=O) groups excluding carboxylic acids is 1. The van der Waals surface area contributed by atoms with Gasteiger partial charge in [-0.25, -0.2) is 0 Å². The Balaban J connectivity index is 4.28. The number of nitrogens with one attached hydrogen (secondary N) is 1. The first-order valence-electron chi connectivity index (χ1n) is 6.30. The number of hydrogen-bond donors (Lipinski definition) is 2. The van der Waals surface area contributed by atoms with Crippen LogP contribution in [0.3, 0.4) is 0 Å². The van der Waals surface area contributed by atoms with E-state index in [1.807, 2.05) is 34.6 Å². The van der Waals surface area contributed by atoms with Crippen LogP contribution in [-0.4, -0.2) is 35.9 Å². The number of ether oxygens (including phenoxy) is 1. The minimum atomic E-state index is -0.677. The van der Waals surface area contributed by atoms with E-state index in [1.165, 1.54) is 0 Å². The number of hydrogen-bond acceptors (Lipinski definition) is 4. The normalized spacial score (nSPS) is 17.4. The van der Waals surface area contributed by atoms with Crippen molar-refractivity contribution >= 4 is 5.97 Å². The van der Waals surface area contributed by atoms with Crippen LogP contribution < -0.4 is 5.32 Å². The molecule has 0 fully saturated rings. The topological polar surface area (TPSA) is 58.6 Å². The Labute approximate surface area is 105 Å². The van der Waals surface area contributed by atoms with Crippen LogP contribution in [0.15, 0.2) is 0 Å². The first-order valence-corrected chi connectivity index (χ1v) is 6.30. The molecule has 17 heavy (non-hydrogen) atoms. The fraction of sp³-hybridized carbons (Fsp3) is 0.923. The van der Waals surface area contributed by atoms with Gasteiger partial charge in [0.15, 0.2) is 0 Å². The Morgan fingerprint density at radius 2 is 1.88 bits per heavy atom. The maximum atomic E-state index is 11.8. The van der Waals surface area contributed by atoms with Crippen molar-refractivity contribution in [2.75, 3.05) is 13.1 Å². The lowest BCUT2D eigenvalue weighted by molar-refractivity contribution is -0.164. The molecule has 0 heterocycles. The predicted octanol–water partition coefficient (Wildman–Crippen LogP) is 1.57. The van der Waals surface area contributed by atoms with Gasteiger partial charge in [0.1, 0.15) is 5.60 Å². The lowest BCUT2D eigenvalue weighted by Crippen LogP contribution is -2.39. The minimum Gasteiger partial charge on any atom is -0.460 e. The molecule has 3 atom stereocenters. The first-order chi connectivity index (χ1) is 7.69. The van der Waals surface area contributed by atoms with Gasteiger partial charge in [-0.15, -0.1) is 0 Å². The van der Waals surface area contributed by atoms with Crippen LogP contribution >= 0.6 is 0 Å². The van der Waals surface area contributed by atoms with Crippen LogP contribution in [-0.2, 0) is 9.53 Å². The van der Waals surface area contributed by atoms with E-state index < -0.39 is 17.6 Å². The maximum Gasteiger partial charge on any atom is 0.311 e. The largest absolute Gasteiger partial charge is 0.460 e. The molecule has 2 N–H and O–H groups in total. The minimum absolute atomic E-state index is 0.0254. The maximum absolute atomic E-state index is 11.8. The molecule has 0 saturated carbocycles. The van der Waals surface area contributed by atoms with Crippen molar-refractivity contribution in [2.24, 2.45) is 11.8 Å². The molecular formula is C13H27NO3. The third-order valence-corrected chi connectivity index (χ3v) is 2.59. The highest BCUT2D eigenvalue weighted by Gasteiger charge is 2.30. The number of esters is 1. The molecule has 4 nitrogen and oxygen atoms in total. The van der Waals surface area contributed by atoms with Gasteiger partial charge in [-0.2, -0.15) is 0 Å². The SMILES string of the molecule is CCNC[C@H](C)[C@H](O)[C@H](C)C(=O)OC(C)(C)C. The highest BCUT2D eigenvalue weighted by molar-refractivity contribution is 5.73. The number of carbonyl (C=O) groups is 1. The predicted molar refractivity (Wildman–Crippen MR) is 68.7 cm³/mol. The van der Waals surface area contributed by atoms with Gasteiger partial charge in [0.05, 0.1) is 12.0 Å². The molecule has 0 rings (SSSR count). The third kappa shape index (κ3) is 6.64. The summed E-state index contributed by atoms with van der Waals surface area (Å²) in [4.78, 5) is 11.8. The molecule has 0 aliphatic carbocycles. The Hall–Kier alpha value is -0.610. The molecule has 0 aliphatic heterocycles. The molecule has 0 spiro atoms. The van der Waals surface area contributed by atoms with E-state index in [1.54, 1.807) is 6.92 Å². The second-order valence-corrected chi connectivity index (χ2v) is 5.60. The van der Waals surface area contributed by atoms with Gasteiger partial charge in [0, 0.05) is 6.54 Å². The van der Waals surface area contributed by atoms with Gasteiger partial charge in [-0.05, 0) is 40.2 Å². The molecule has 0 aromatic carbocycles. The molecule has 0 aromatic heterocycles. The molecule has 0 aromatic rings. The molecule has 0 radical (unpaired) electrons. The average molecular weight is 245 g/mol. The summed E-state index contributed by atoms with van der Waals surface area (Å²) in [6, 6.07) is 0. The summed E-state index contributed by atoms with van der Waals surface area (Å²) < 4.78 is 5.26. The molecular weight excluding hydrogens is 218 g/mol. The highest BCUT2D eigenvalue weighted by atomic mass is 16.6. The van der Waals surface area contributed by atoms with Crippen molar-refractivity contribution in [3.05, 3.63) is 0 Å². The van der Waals surface area contributed by atoms with Gasteiger partial charge >= 0.3 is 5.97 Å². The smallest absolute Gasteiger partial charge is 0.311 e. The Morgan fingerprint density at radius 3 is 2.29 bits per heavy atom. The van der Waals surface area contributed by atoms with Crippen LogP contribution in [0, 0.1) is 11.8 Å². The van der Waals surface area contributed by atoms with E-state index in [4.69, 9.17) is 4.74 Å². The van der Waals surface area contributed by atoms with Crippen LogP contribution in [0.1, 0.15) is 41.5 Å². The Kier molecular flexibility index (Phi) is 6.72. The van der Waals surface area contributed by atoms with E-state index >= 15 is 0 Å². The van der Waals surface area contributed by atoms with E-state index in [0.717, 1.165) is 6.54 Å². The van der Waals surface area contributed by atoms with Crippen LogP contribution in [0.5, 0.6) is 0 Å². The second-order valence-electron chi connectivity index (χ2n) is 5.60. The molecule has 4 heteroatoms. The summed E-state index contributed by atoms with van der Waals surface area (Å²) in [6.45, 7) is 12.7. The lowest BCUT2D eigenvalue weighted by atomic mass is 9.93. The van der Waals surface area contributed by atoms with E-state index in [2.05, 4.69) is 5.32 Å². The van der Waals surface area contributed by atoms with Gasteiger partial charge in [0.2, 0.25) is 0 Å². The molecule has 0 unspecified atom stereocenters. The zero-order valence-corrected chi connectivity index (χ0v) is 11.9. The molecule has 0 aliphatic rings. The van der Waals surface area contributed by atoms with Gasteiger partial charge < -0.3 is 15.2 Å². The van der Waals surface area contributed by atoms with Crippen molar-refractivity contribution < 1.29 is 14.6 Å². The molecule has 0 amide bonds. The van der Waals surface area contributed by atoms with E-state index in [-0.39, 0.29) is 11.9 Å². The molecule has 0 bridgehead atoms. The van der Waals surface area contributed by atoms with Crippen LogP contribution in [0.4, 0.5) is 0 Å². The van der Waals surface area contributed by atoms with E-state index in [9.17, 15) is 9.90 Å². The Bertz CT molecular complexity index is 235. The standard InChI is InChI=1S/C13H27NO3/c1-7-14-8-9(2)11(15)10(3)12(16)17-13(4,5)6/h9-11,14-15H,7-8H2,1-6H3/t9-,10-,11-/m0/s1. The summed E-state index contributed by atoms with van der Waals surface area (Å²) >= 11 is 0. The van der Waals surface area contributed by atoms with Crippen LogP contribution in [0.25, 0.3) is 0 Å². The zero-order chi connectivity index (χ0) is 13.6. The zero-order valence-electron chi connectivity index (χ0n) is 11.9.